The molecule has 0 aliphatic carbocycles. The van der Waals surface area contributed by atoms with Gasteiger partial charge in [-0.05, 0) is 24.6 Å². The lowest BCUT2D eigenvalue weighted by Crippen LogP contribution is -2.33. The van der Waals surface area contributed by atoms with Gasteiger partial charge in [0.1, 0.15) is 11.9 Å². The van der Waals surface area contributed by atoms with Crippen LogP contribution in [0.15, 0.2) is 53.8 Å². The maximum absolute atomic E-state index is 9.35. The van der Waals surface area contributed by atoms with E-state index in [1.807, 2.05) is 37.3 Å². The fourth-order valence-corrected chi connectivity index (χ4v) is 3.22. The van der Waals surface area contributed by atoms with Gasteiger partial charge < -0.3 is 19.9 Å². The van der Waals surface area contributed by atoms with E-state index in [-0.39, 0.29) is 17.9 Å². The average molecular weight is 435 g/mol. The Labute approximate surface area is 186 Å². The third-order valence-electron chi connectivity index (χ3n) is 4.82. The summed E-state index contributed by atoms with van der Waals surface area (Å²) in [6.45, 7) is 4.48. The van der Waals surface area contributed by atoms with Gasteiger partial charge in [-0.25, -0.2) is 0 Å². The molecule has 9 heteroatoms. The average Bonchev–Trinajstić information content (AvgIpc) is 2.81. The van der Waals surface area contributed by atoms with E-state index in [1.54, 1.807) is 18.3 Å². The second-order valence-corrected chi connectivity index (χ2v) is 7.41. The third-order valence-corrected chi connectivity index (χ3v) is 4.82. The lowest BCUT2D eigenvalue weighted by molar-refractivity contribution is 0.0245. The van der Waals surface area contributed by atoms with E-state index in [4.69, 9.17) is 9.47 Å². The van der Waals surface area contributed by atoms with Crippen molar-refractivity contribution in [3.63, 3.8) is 0 Å². The van der Waals surface area contributed by atoms with Crippen LogP contribution in [-0.2, 0) is 11.2 Å². The summed E-state index contributed by atoms with van der Waals surface area (Å²) >= 11 is 0. The van der Waals surface area contributed by atoms with Gasteiger partial charge in [0.2, 0.25) is 0 Å². The van der Waals surface area contributed by atoms with Crippen molar-refractivity contribution < 1.29 is 14.6 Å². The molecule has 2 aromatic heterocycles. The molecule has 1 aliphatic rings. The number of ether oxygens (including phenoxy) is 2. The Morgan fingerprint density at radius 2 is 2.22 bits per heavy atom. The predicted octanol–water partition coefficient (Wildman–Crippen LogP) is 2.61. The molecule has 1 fully saturated rings. The number of pyridine rings is 1. The Morgan fingerprint density at radius 3 is 3.00 bits per heavy atom. The number of rotatable bonds is 8. The van der Waals surface area contributed by atoms with Crippen LogP contribution in [0.2, 0.25) is 0 Å². The molecule has 1 aliphatic heterocycles. The van der Waals surface area contributed by atoms with Crippen molar-refractivity contribution >= 4 is 12.0 Å². The molecule has 0 bridgehead atoms. The normalized spacial score (nSPS) is 16.2. The standard InChI is InChI=1S/C23H26N6O3/c1-16-3-2-4-17(11-16)13-26-29-22-12-20(21-15-24-8-10-31-21)27-23(28-22)32-9-7-18-5-6-19(30)14-25-18/h2-6,11-14,21,24,30H,7-10,15H2,1H3,(H,27,28,29). The number of nitrogens with one attached hydrogen (secondary N) is 2. The van der Waals surface area contributed by atoms with Gasteiger partial charge in [0, 0.05) is 31.3 Å². The molecule has 0 saturated carbocycles. The SMILES string of the molecule is Cc1cccc(C=NNc2cc(C3CNCCO3)nc(OCCc3ccc(O)cn3)n2)c1. The molecule has 1 atom stereocenters. The number of hydrogen-bond donors (Lipinski definition) is 3. The van der Waals surface area contributed by atoms with Gasteiger partial charge in [-0.15, -0.1) is 0 Å². The minimum absolute atomic E-state index is 0.133. The summed E-state index contributed by atoms with van der Waals surface area (Å²) in [5, 5.41) is 17.0. The monoisotopic (exact) mass is 434 g/mol. The van der Waals surface area contributed by atoms with Crippen LogP contribution >= 0.6 is 0 Å². The zero-order valence-corrected chi connectivity index (χ0v) is 17.9. The Bertz CT molecular complexity index is 1050. The van der Waals surface area contributed by atoms with Crippen LogP contribution in [0.25, 0.3) is 0 Å². The lowest BCUT2D eigenvalue weighted by atomic mass is 10.2. The zero-order valence-electron chi connectivity index (χ0n) is 17.9. The van der Waals surface area contributed by atoms with Crippen LogP contribution in [0.3, 0.4) is 0 Å². The van der Waals surface area contributed by atoms with Crippen LogP contribution < -0.4 is 15.5 Å². The van der Waals surface area contributed by atoms with Crippen molar-refractivity contribution in [1.29, 1.82) is 0 Å². The highest BCUT2D eigenvalue weighted by Gasteiger charge is 2.19. The van der Waals surface area contributed by atoms with Gasteiger partial charge in [0.25, 0.3) is 0 Å². The number of aryl methyl sites for hydroxylation is 1. The molecule has 1 saturated heterocycles. The van der Waals surface area contributed by atoms with Crippen LogP contribution in [0.5, 0.6) is 11.8 Å². The molecule has 3 aromatic rings. The van der Waals surface area contributed by atoms with Crippen LogP contribution in [-0.4, -0.2) is 52.6 Å². The van der Waals surface area contributed by atoms with E-state index in [9.17, 15) is 5.11 Å². The summed E-state index contributed by atoms with van der Waals surface area (Å²) < 4.78 is 11.6. The number of benzene rings is 1. The first-order valence-electron chi connectivity index (χ1n) is 10.5. The number of nitrogens with zero attached hydrogens (tertiary/aromatic N) is 4. The minimum Gasteiger partial charge on any atom is -0.506 e. The van der Waals surface area contributed by atoms with Crippen LogP contribution in [0, 0.1) is 6.92 Å². The number of morpholine rings is 1. The molecule has 0 amide bonds. The second-order valence-electron chi connectivity index (χ2n) is 7.41. The predicted molar refractivity (Wildman–Crippen MR) is 121 cm³/mol. The first-order chi connectivity index (χ1) is 15.7. The summed E-state index contributed by atoms with van der Waals surface area (Å²) in [6.07, 6.45) is 3.52. The summed E-state index contributed by atoms with van der Waals surface area (Å²) in [6, 6.07) is 13.5. The first-order valence-corrected chi connectivity index (χ1v) is 10.5. The molecule has 0 radical (unpaired) electrons. The van der Waals surface area contributed by atoms with E-state index >= 15 is 0 Å². The Morgan fingerprint density at radius 1 is 1.28 bits per heavy atom. The summed E-state index contributed by atoms with van der Waals surface area (Å²) in [7, 11) is 0. The molecule has 4 rings (SSSR count). The topological polar surface area (TPSA) is 114 Å². The summed E-state index contributed by atoms with van der Waals surface area (Å²) in [5.41, 5.74) is 6.65. The molecule has 32 heavy (non-hydrogen) atoms. The number of hydrazone groups is 1. The molecule has 1 unspecified atom stereocenters. The summed E-state index contributed by atoms with van der Waals surface area (Å²) in [5.74, 6) is 0.652. The van der Waals surface area contributed by atoms with Gasteiger partial charge in [-0.2, -0.15) is 15.1 Å². The van der Waals surface area contributed by atoms with Crippen molar-refractivity contribution in [1.82, 2.24) is 20.3 Å². The Balaban J connectivity index is 1.46. The quantitative estimate of drug-likeness (QED) is 0.366. The molecule has 1 aromatic carbocycles. The Kier molecular flexibility index (Phi) is 7.21. The van der Waals surface area contributed by atoms with Crippen molar-refractivity contribution in [2.75, 3.05) is 31.7 Å². The minimum atomic E-state index is -0.186. The van der Waals surface area contributed by atoms with E-state index in [2.05, 4.69) is 30.8 Å². The van der Waals surface area contributed by atoms with E-state index in [0.29, 0.717) is 32.0 Å². The largest absolute Gasteiger partial charge is 0.506 e. The van der Waals surface area contributed by atoms with Crippen molar-refractivity contribution in [2.45, 2.75) is 19.4 Å². The van der Waals surface area contributed by atoms with Gasteiger partial charge in [-0.1, -0.05) is 29.8 Å². The number of hydrogen-bond acceptors (Lipinski definition) is 9. The smallest absolute Gasteiger partial charge is 0.318 e. The van der Waals surface area contributed by atoms with Gasteiger partial charge in [0.15, 0.2) is 5.82 Å². The number of aromatic nitrogens is 3. The zero-order chi connectivity index (χ0) is 22.2. The van der Waals surface area contributed by atoms with E-state index in [1.165, 1.54) is 11.8 Å². The second kappa shape index (κ2) is 10.7. The van der Waals surface area contributed by atoms with Crippen molar-refractivity contribution in [3.05, 3.63) is 71.2 Å². The highest BCUT2D eigenvalue weighted by atomic mass is 16.5. The number of anilines is 1. The maximum atomic E-state index is 9.35. The van der Waals surface area contributed by atoms with Gasteiger partial charge in [0.05, 0.1) is 31.3 Å². The van der Waals surface area contributed by atoms with Crippen molar-refractivity contribution in [3.8, 4) is 11.8 Å². The molecular weight excluding hydrogens is 408 g/mol. The van der Waals surface area contributed by atoms with E-state index < -0.39 is 0 Å². The molecule has 0 spiro atoms. The Hall–Kier alpha value is -3.56. The van der Waals surface area contributed by atoms with E-state index in [0.717, 1.165) is 23.5 Å². The molecule has 3 heterocycles. The molecule has 166 valence electrons. The highest BCUT2D eigenvalue weighted by molar-refractivity contribution is 5.80. The number of aromatic hydroxyl groups is 1. The van der Waals surface area contributed by atoms with Crippen LogP contribution in [0.1, 0.15) is 28.6 Å². The fourth-order valence-electron chi connectivity index (χ4n) is 3.22. The van der Waals surface area contributed by atoms with Gasteiger partial charge in [-0.3, -0.25) is 10.4 Å². The molecule has 3 N–H and O–H groups in total. The highest BCUT2D eigenvalue weighted by Crippen LogP contribution is 2.22. The fraction of sp³-hybridized carbons (Fsp3) is 0.304. The molecule has 9 nitrogen and oxygen atoms in total. The summed E-state index contributed by atoms with van der Waals surface area (Å²) in [4.78, 5) is 13.1. The maximum Gasteiger partial charge on any atom is 0.318 e. The first kappa shape index (κ1) is 21.7. The van der Waals surface area contributed by atoms with Crippen molar-refractivity contribution in [2.24, 2.45) is 5.10 Å². The lowest BCUT2D eigenvalue weighted by Gasteiger charge is -2.23. The third kappa shape index (κ3) is 6.22. The van der Waals surface area contributed by atoms with Crippen LogP contribution in [0.4, 0.5) is 5.82 Å². The van der Waals surface area contributed by atoms with Gasteiger partial charge >= 0.3 is 6.01 Å². The molecular formula is C23H26N6O3.